The number of likely N-dealkylation sites (N-methyl/N-ethyl adjacent to an activating group) is 1. The van der Waals surface area contributed by atoms with Gasteiger partial charge in [-0.1, -0.05) is 67.6 Å². The number of hydrogen-bond acceptors (Lipinski definition) is 6. The summed E-state index contributed by atoms with van der Waals surface area (Å²) in [5.74, 6) is -1.03. The lowest BCUT2D eigenvalue weighted by molar-refractivity contribution is -0.154. The molecule has 1 aromatic heterocycles. The van der Waals surface area contributed by atoms with E-state index < -0.39 is 23.5 Å². The van der Waals surface area contributed by atoms with E-state index >= 15 is 0 Å². The highest BCUT2D eigenvalue weighted by Crippen LogP contribution is 2.46. The van der Waals surface area contributed by atoms with Crippen molar-refractivity contribution in [3.8, 4) is 0 Å². The molecule has 11 heteroatoms. The highest BCUT2D eigenvalue weighted by Gasteiger charge is 2.59. The molecule has 4 atom stereocenters. The van der Waals surface area contributed by atoms with Gasteiger partial charge in [0.25, 0.3) is 5.91 Å². The number of hydrogen-bond donors (Lipinski definition) is 2. The van der Waals surface area contributed by atoms with Crippen molar-refractivity contribution >= 4 is 23.6 Å². The predicted octanol–water partition coefficient (Wildman–Crippen LogP) is 2.71. The molecule has 0 bridgehead atoms. The van der Waals surface area contributed by atoms with Crippen LogP contribution in [0.15, 0.2) is 73.1 Å². The number of carbonyl (C=O) groups excluding carboxylic acids is 4. The molecule has 3 aromatic rings. The van der Waals surface area contributed by atoms with Gasteiger partial charge < -0.3 is 25.2 Å². The fraction of sp³-hybridized carbons (Fsp3) is 0.472. The number of benzene rings is 2. The van der Waals surface area contributed by atoms with Crippen molar-refractivity contribution in [1.82, 2.24) is 30.2 Å². The first-order chi connectivity index (χ1) is 22.7. The van der Waals surface area contributed by atoms with Crippen molar-refractivity contribution in [3.05, 3.63) is 89.7 Å². The molecule has 6 rings (SSSR count). The summed E-state index contributed by atoms with van der Waals surface area (Å²) in [6, 6.07) is 18.6. The maximum absolute atomic E-state index is 14.1. The Morgan fingerprint density at radius 2 is 1.57 bits per heavy atom. The van der Waals surface area contributed by atoms with Gasteiger partial charge in [0.05, 0.1) is 36.9 Å². The van der Waals surface area contributed by atoms with Crippen molar-refractivity contribution in [1.29, 1.82) is 0 Å². The van der Waals surface area contributed by atoms with Gasteiger partial charge in [-0.2, -0.15) is 5.10 Å². The number of likely N-dealkylation sites (tertiary alicyclic amines) is 2. The zero-order chi connectivity index (χ0) is 33.1. The smallest absolute Gasteiger partial charge is 0.257 e. The van der Waals surface area contributed by atoms with Gasteiger partial charge in [0, 0.05) is 50.8 Å². The summed E-state index contributed by atoms with van der Waals surface area (Å²) in [4.78, 5) is 57.7. The number of nitrogens with one attached hydrogen (secondary N) is 2. The van der Waals surface area contributed by atoms with Crippen LogP contribution in [0.25, 0.3) is 0 Å². The lowest BCUT2D eigenvalue weighted by Crippen LogP contribution is -2.66. The number of rotatable bonds is 12. The van der Waals surface area contributed by atoms with E-state index in [-0.39, 0.29) is 42.7 Å². The molecule has 47 heavy (non-hydrogen) atoms. The van der Waals surface area contributed by atoms with Crippen molar-refractivity contribution in [2.75, 3.05) is 33.2 Å². The Morgan fingerprint density at radius 1 is 0.936 bits per heavy atom. The topological polar surface area (TPSA) is 126 Å². The standard InChI is InChI=1S/C36H44N6O5/c1-24(28-14-15-28)34(45)41-22-36(23-41)21-40(35(46)29-16-38-42(18-29)17-26-10-6-4-7-11-26)19-30(36)32(43)39-31(33(44)37-3)25(2)47-20-27-12-8-5-9-13-27/h4-13,16,18,24-25,28,30-31H,14-15,17,19-23H2,1-3H3,(H,37,44)(H,39,43)/t24?,25-,30+,31+/m1/s1. The molecule has 3 aliphatic rings. The van der Waals surface area contributed by atoms with Crippen LogP contribution in [0.2, 0.25) is 0 Å². The average molecular weight is 641 g/mol. The monoisotopic (exact) mass is 640 g/mol. The molecular formula is C36H44N6O5. The Balaban J connectivity index is 1.17. The van der Waals surface area contributed by atoms with E-state index in [0.717, 1.165) is 24.0 Å². The highest BCUT2D eigenvalue weighted by atomic mass is 16.5. The molecule has 2 aliphatic heterocycles. The van der Waals surface area contributed by atoms with Crippen molar-refractivity contribution in [2.24, 2.45) is 23.2 Å². The van der Waals surface area contributed by atoms with Gasteiger partial charge in [-0.15, -0.1) is 0 Å². The third kappa shape index (κ3) is 7.10. The van der Waals surface area contributed by atoms with E-state index in [9.17, 15) is 19.2 Å². The molecule has 1 aliphatic carbocycles. The van der Waals surface area contributed by atoms with E-state index in [1.54, 1.807) is 28.9 Å². The molecule has 248 valence electrons. The summed E-state index contributed by atoms with van der Waals surface area (Å²) >= 11 is 0. The molecule has 11 nitrogen and oxygen atoms in total. The van der Waals surface area contributed by atoms with Crippen LogP contribution < -0.4 is 10.6 Å². The van der Waals surface area contributed by atoms with E-state index in [0.29, 0.717) is 37.7 Å². The fourth-order valence-corrected chi connectivity index (χ4v) is 6.98. The van der Waals surface area contributed by atoms with Crippen molar-refractivity contribution < 1.29 is 23.9 Å². The first-order valence-electron chi connectivity index (χ1n) is 16.5. The molecule has 2 N–H and O–H groups in total. The zero-order valence-electron chi connectivity index (χ0n) is 27.3. The minimum Gasteiger partial charge on any atom is -0.371 e. The SMILES string of the molecule is CNC(=O)[C@@H](NC(=O)[C@@H]1CN(C(=O)c2cnn(Cc3ccccc3)c2)CC12CN(C(=O)C(C)C1CC1)C2)[C@@H](C)OCc1ccccc1. The van der Waals surface area contributed by atoms with Gasteiger partial charge in [-0.3, -0.25) is 23.9 Å². The predicted molar refractivity (Wildman–Crippen MR) is 175 cm³/mol. The lowest BCUT2D eigenvalue weighted by atomic mass is 9.70. The van der Waals surface area contributed by atoms with Crippen molar-refractivity contribution in [3.63, 3.8) is 0 Å². The number of nitrogens with zero attached hydrogens (tertiary/aromatic N) is 4. The normalized spacial score (nSPS) is 20.3. The summed E-state index contributed by atoms with van der Waals surface area (Å²) in [5, 5.41) is 10.0. The Bertz CT molecular complexity index is 1580. The van der Waals surface area contributed by atoms with Gasteiger partial charge in [0.1, 0.15) is 6.04 Å². The Kier molecular flexibility index (Phi) is 9.45. The summed E-state index contributed by atoms with van der Waals surface area (Å²) < 4.78 is 7.76. The van der Waals surface area contributed by atoms with Crippen LogP contribution in [0.4, 0.5) is 0 Å². The Labute approximate surface area is 275 Å². The van der Waals surface area contributed by atoms with Crippen LogP contribution >= 0.6 is 0 Å². The third-order valence-corrected chi connectivity index (χ3v) is 10.0. The second kappa shape index (κ2) is 13.7. The second-order valence-corrected chi connectivity index (χ2v) is 13.4. The summed E-state index contributed by atoms with van der Waals surface area (Å²) in [6.07, 6.45) is 4.82. The second-order valence-electron chi connectivity index (χ2n) is 13.4. The molecule has 3 fully saturated rings. The lowest BCUT2D eigenvalue weighted by Gasteiger charge is -2.51. The van der Waals surface area contributed by atoms with E-state index in [2.05, 4.69) is 15.7 Å². The van der Waals surface area contributed by atoms with Crippen LogP contribution in [0.1, 0.15) is 48.2 Å². The van der Waals surface area contributed by atoms with E-state index in [1.165, 1.54) is 7.05 Å². The average Bonchev–Trinajstić information content (AvgIpc) is 3.69. The number of amides is 4. The third-order valence-electron chi connectivity index (χ3n) is 10.0. The highest BCUT2D eigenvalue weighted by molar-refractivity contribution is 5.95. The fourth-order valence-electron chi connectivity index (χ4n) is 6.98. The van der Waals surface area contributed by atoms with Gasteiger partial charge in [-0.05, 0) is 36.8 Å². The maximum Gasteiger partial charge on any atom is 0.257 e. The molecule has 3 heterocycles. The van der Waals surface area contributed by atoms with Gasteiger partial charge in [0.15, 0.2) is 0 Å². The minimum absolute atomic E-state index is 0.0468. The van der Waals surface area contributed by atoms with Crippen LogP contribution in [-0.4, -0.2) is 88.6 Å². The van der Waals surface area contributed by atoms with E-state index in [1.807, 2.05) is 72.5 Å². The Hall–Kier alpha value is -4.51. The van der Waals surface area contributed by atoms with Crippen molar-refractivity contribution in [2.45, 2.75) is 52.0 Å². The maximum atomic E-state index is 14.1. The summed E-state index contributed by atoms with van der Waals surface area (Å²) in [5.41, 5.74) is 1.86. The first kappa shape index (κ1) is 32.4. The number of ether oxygens (including phenoxy) is 1. The molecule has 1 spiro atoms. The molecule has 2 aromatic carbocycles. The van der Waals surface area contributed by atoms with Crippen LogP contribution in [-0.2, 0) is 32.3 Å². The number of carbonyl (C=O) groups is 4. The minimum atomic E-state index is -0.943. The first-order valence-corrected chi connectivity index (χ1v) is 16.5. The number of aromatic nitrogens is 2. The summed E-state index contributed by atoms with van der Waals surface area (Å²) in [6.45, 7) is 5.86. The van der Waals surface area contributed by atoms with Gasteiger partial charge >= 0.3 is 0 Å². The summed E-state index contributed by atoms with van der Waals surface area (Å²) in [7, 11) is 1.53. The molecule has 2 saturated heterocycles. The largest absolute Gasteiger partial charge is 0.371 e. The van der Waals surface area contributed by atoms with Gasteiger partial charge in [-0.25, -0.2) is 0 Å². The van der Waals surface area contributed by atoms with E-state index in [4.69, 9.17) is 4.74 Å². The Morgan fingerprint density at radius 3 is 2.21 bits per heavy atom. The van der Waals surface area contributed by atoms with Crippen LogP contribution in [0, 0.1) is 23.2 Å². The van der Waals surface area contributed by atoms with Crippen LogP contribution in [0.5, 0.6) is 0 Å². The van der Waals surface area contributed by atoms with Gasteiger partial charge in [0.2, 0.25) is 17.7 Å². The zero-order valence-corrected chi connectivity index (χ0v) is 27.3. The molecule has 1 unspecified atom stereocenters. The quantitative estimate of drug-likeness (QED) is 0.314. The molecule has 0 radical (unpaired) electrons. The molecule has 1 saturated carbocycles. The molecular weight excluding hydrogens is 596 g/mol. The van der Waals surface area contributed by atoms with Crippen LogP contribution in [0.3, 0.4) is 0 Å². The molecule has 4 amide bonds.